The highest BCUT2D eigenvalue weighted by Crippen LogP contribution is 2.44. The minimum Gasteiger partial charge on any atom is -0.353 e. The second-order valence-electron chi connectivity index (χ2n) is 4.93. The van der Waals surface area contributed by atoms with Gasteiger partial charge in [-0.25, -0.2) is 0 Å². The number of hydrogen-bond donors (Lipinski definition) is 0. The summed E-state index contributed by atoms with van der Waals surface area (Å²) in [6.45, 7) is 0.632. The molecule has 0 heterocycles. The summed E-state index contributed by atoms with van der Waals surface area (Å²) in [5.41, 5.74) is 5.16. The van der Waals surface area contributed by atoms with E-state index in [9.17, 15) is 0 Å². The SMILES string of the molecule is CN(C)COC1c2ccccc2-c2ccccc21. The molecule has 0 atom stereocenters. The molecule has 0 fully saturated rings. The number of ether oxygens (including phenoxy) is 1. The standard InChI is InChI=1S/C16H17NO/c1-17(2)11-18-16-14-9-5-3-7-12(14)13-8-4-6-10-15(13)16/h3-10,16H,11H2,1-2H3. The summed E-state index contributed by atoms with van der Waals surface area (Å²) >= 11 is 0. The summed E-state index contributed by atoms with van der Waals surface area (Å²) in [6, 6.07) is 17.0. The highest BCUT2D eigenvalue weighted by molar-refractivity contribution is 5.77. The number of fused-ring (bicyclic) bond motifs is 3. The van der Waals surface area contributed by atoms with Crippen molar-refractivity contribution in [3.05, 3.63) is 59.7 Å². The fourth-order valence-corrected chi connectivity index (χ4v) is 2.51. The van der Waals surface area contributed by atoms with Crippen molar-refractivity contribution in [1.82, 2.24) is 4.90 Å². The van der Waals surface area contributed by atoms with Gasteiger partial charge in [-0.2, -0.15) is 0 Å². The summed E-state index contributed by atoms with van der Waals surface area (Å²) in [6.07, 6.45) is 0.0693. The summed E-state index contributed by atoms with van der Waals surface area (Å²) in [5, 5.41) is 0. The number of hydrogen-bond acceptors (Lipinski definition) is 2. The van der Waals surface area contributed by atoms with E-state index in [1.165, 1.54) is 22.3 Å². The lowest BCUT2D eigenvalue weighted by atomic mass is 10.1. The molecule has 2 aromatic rings. The molecule has 2 nitrogen and oxygen atoms in total. The third-order valence-electron chi connectivity index (χ3n) is 3.28. The average Bonchev–Trinajstić information content (AvgIpc) is 2.71. The zero-order chi connectivity index (χ0) is 12.5. The summed E-state index contributed by atoms with van der Waals surface area (Å²) in [4.78, 5) is 2.05. The highest BCUT2D eigenvalue weighted by Gasteiger charge is 2.28. The summed E-state index contributed by atoms with van der Waals surface area (Å²) < 4.78 is 6.04. The van der Waals surface area contributed by atoms with Gasteiger partial charge in [0.2, 0.25) is 0 Å². The van der Waals surface area contributed by atoms with E-state index in [-0.39, 0.29) is 6.10 Å². The van der Waals surface area contributed by atoms with Gasteiger partial charge < -0.3 is 4.74 Å². The maximum Gasteiger partial charge on any atom is 0.111 e. The molecule has 0 aromatic heterocycles. The fourth-order valence-electron chi connectivity index (χ4n) is 2.51. The van der Waals surface area contributed by atoms with Gasteiger partial charge in [-0.1, -0.05) is 48.5 Å². The Kier molecular flexibility index (Phi) is 2.90. The molecule has 0 radical (unpaired) electrons. The lowest BCUT2D eigenvalue weighted by Crippen LogP contribution is -2.18. The van der Waals surface area contributed by atoms with Crippen LogP contribution < -0.4 is 0 Å². The smallest absolute Gasteiger partial charge is 0.111 e. The molecule has 0 unspecified atom stereocenters. The van der Waals surface area contributed by atoms with Gasteiger partial charge in [-0.05, 0) is 36.3 Å². The van der Waals surface area contributed by atoms with Gasteiger partial charge in [0.1, 0.15) is 6.10 Å². The molecule has 0 saturated heterocycles. The van der Waals surface area contributed by atoms with Crippen LogP contribution in [0.5, 0.6) is 0 Å². The van der Waals surface area contributed by atoms with Gasteiger partial charge in [0.15, 0.2) is 0 Å². The first-order valence-corrected chi connectivity index (χ1v) is 6.22. The third kappa shape index (κ3) is 1.84. The molecule has 0 spiro atoms. The number of nitrogens with zero attached hydrogens (tertiary/aromatic N) is 1. The molecule has 2 heteroatoms. The van der Waals surface area contributed by atoms with E-state index in [1.54, 1.807) is 0 Å². The predicted octanol–water partition coefficient (Wildman–Crippen LogP) is 3.29. The van der Waals surface area contributed by atoms with Crippen molar-refractivity contribution in [1.29, 1.82) is 0 Å². The molecule has 1 aliphatic carbocycles. The minimum atomic E-state index is 0.0693. The normalized spacial score (nSPS) is 13.7. The largest absolute Gasteiger partial charge is 0.353 e. The molecule has 18 heavy (non-hydrogen) atoms. The first-order chi connectivity index (χ1) is 8.77. The number of benzene rings is 2. The maximum absolute atomic E-state index is 6.04. The van der Waals surface area contributed by atoms with Crippen molar-refractivity contribution >= 4 is 0 Å². The van der Waals surface area contributed by atoms with E-state index in [1.807, 2.05) is 19.0 Å². The van der Waals surface area contributed by atoms with Crippen molar-refractivity contribution in [3.8, 4) is 11.1 Å². The van der Waals surface area contributed by atoms with Crippen LogP contribution in [0.15, 0.2) is 48.5 Å². The number of rotatable bonds is 3. The Morgan fingerprint density at radius 3 is 1.89 bits per heavy atom. The molecule has 0 saturated carbocycles. The molecule has 0 N–H and O–H groups in total. The van der Waals surface area contributed by atoms with Gasteiger partial charge >= 0.3 is 0 Å². The van der Waals surface area contributed by atoms with Crippen LogP contribution in [0.2, 0.25) is 0 Å². The van der Waals surface area contributed by atoms with Gasteiger partial charge in [-0.3, -0.25) is 4.90 Å². The van der Waals surface area contributed by atoms with Crippen LogP contribution in [0.4, 0.5) is 0 Å². The Morgan fingerprint density at radius 2 is 1.39 bits per heavy atom. The molecule has 2 aromatic carbocycles. The van der Waals surface area contributed by atoms with Crippen LogP contribution in [0, 0.1) is 0 Å². The Hall–Kier alpha value is -1.64. The second-order valence-corrected chi connectivity index (χ2v) is 4.93. The molecule has 0 amide bonds. The van der Waals surface area contributed by atoms with Crippen molar-refractivity contribution in [2.24, 2.45) is 0 Å². The fraction of sp³-hybridized carbons (Fsp3) is 0.250. The van der Waals surface area contributed by atoms with Gasteiger partial charge in [0.05, 0.1) is 6.73 Å². The minimum absolute atomic E-state index is 0.0693. The van der Waals surface area contributed by atoms with Crippen LogP contribution in [-0.2, 0) is 4.74 Å². The molecule has 1 aliphatic rings. The molecule has 3 rings (SSSR count). The van der Waals surface area contributed by atoms with E-state index in [4.69, 9.17) is 4.74 Å². The zero-order valence-corrected chi connectivity index (χ0v) is 10.8. The molecule has 0 bridgehead atoms. The Balaban J connectivity index is 2.03. The average molecular weight is 239 g/mol. The van der Waals surface area contributed by atoms with Crippen molar-refractivity contribution in [2.75, 3.05) is 20.8 Å². The predicted molar refractivity (Wildman–Crippen MR) is 73.4 cm³/mol. The highest BCUT2D eigenvalue weighted by atomic mass is 16.5. The van der Waals surface area contributed by atoms with E-state index >= 15 is 0 Å². The maximum atomic E-state index is 6.04. The van der Waals surface area contributed by atoms with Gasteiger partial charge in [0, 0.05) is 0 Å². The quantitative estimate of drug-likeness (QED) is 0.762. The van der Waals surface area contributed by atoms with E-state index in [0.29, 0.717) is 6.73 Å². The molecular weight excluding hydrogens is 222 g/mol. The summed E-state index contributed by atoms with van der Waals surface area (Å²) in [7, 11) is 4.04. The second kappa shape index (κ2) is 4.56. The monoisotopic (exact) mass is 239 g/mol. The topological polar surface area (TPSA) is 12.5 Å². The van der Waals surface area contributed by atoms with E-state index in [2.05, 4.69) is 48.5 Å². The van der Waals surface area contributed by atoms with Crippen molar-refractivity contribution < 1.29 is 4.74 Å². The molecule has 92 valence electrons. The first kappa shape index (κ1) is 11.5. The van der Waals surface area contributed by atoms with Crippen LogP contribution in [-0.4, -0.2) is 25.7 Å². The van der Waals surface area contributed by atoms with Crippen molar-refractivity contribution in [2.45, 2.75) is 6.10 Å². The molecular formula is C16H17NO. The Bertz CT molecular complexity index is 517. The first-order valence-electron chi connectivity index (χ1n) is 6.22. The van der Waals surface area contributed by atoms with Crippen molar-refractivity contribution in [3.63, 3.8) is 0 Å². The van der Waals surface area contributed by atoms with Crippen LogP contribution in [0.3, 0.4) is 0 Å². The lowest BCUT2D eigenvalue weighted by Gasteiger charge is -2.18. The molecule has 0 aliphatic heterocycles. The van der Waals surface area contributed by atoms with Crippen LogP contribution in [0.25, 0.3) is 11.1 Å². The van der Waals surface area contributed by atoms with Gasteiger partial charge in [0.25, 0.3) is 0 Å². The Labute approximate surface area is 108 Å². The zero-order valence-electron chi connectivity index (χ0n) is 10.8. The summed E-state index contributed by atoms with van der Waals surface area (Å²) in [5.74, 6) is 0. The van der Waals surface area contributed by atoms with Crippen LogP contribution in [0.1, 0.15) is 17.2 Å². The third-order valence-corrected chi connectivity index (χ3v) is 3.28. The lowest BCUT2D eigenvalue weighted by molar-refractivity contribution is 0.0175. The van der Waals surface area contributed by atoms with Gasteiger partial charge in [-0.15, -0.1) is 0 Å². The van der Waals surface area contributed by atoms with E-state index in [0.717, 1.165) is 0 Å². The Morgan fingerprint density at radius 1 is 0.889 bits per heavy atom. The van der Waals surface area contributed by atoms with Crippen LogP contribution >= 0.6 is 0 Å². The van der Waals surface area contributed by atoms with E-state index < -0.39 is 0 Å².